The fourth-order valence-corrected chi connectivity index (χ4v) is 5.66. The molecular formula is C26H30F2N2O. The number of nitrogens with zero attached hydrogens (tertiary/aromatic N) is 1. The van der Waals surface area contributed by atoms with Gasteiger partial charge in [-0.1, -0.05) is 49.6 Å². The van der Waals surface area contributed by atoms with Gasteiger partial charge in [0.2, 0.25) is 0 Å². The second kappa shape index (κ2) is 8.62. The number of methoxy groups -OCH3 is 1. The number of rotatable bonds is 5. The summed E-state index contributed by atoms with van der Waals surface area (Å²) in [6, 6.07) is 14.4. The number of aromatic nitrogens is 1. The number of aromatic amines is 1. The van der Waals surface area contributed by atoms with Gasteiger partial charge in [0.25, 0.3) is 6.43 Å². The van der Waals surface area contributed by atoms with Gasteiger partial charge in [-0.15, -0.1) is 0 Å². The van der Waals surface area contributed by atoms with Crippen molar-refractivity contribution in [2.24, 2.45) is 0 Å². The van der Waals surface area contributed by atoms with Gasteiger partial charge in [-0.05, 0) is 48.4 Å². The van der Waals surface area contributed by atoms with E-state index in [1.807, 2.05) is 17.0 Å². The van der Waals surface area contributed by atoms with Gasteiger partial charge in [-0.3, -0.25) is 4.90 Å². The van der Waals surface area contributed by atoms with Crippen LogP contribution in [0.1, 0.15) is 66.4 Å². The standard InChI is InChI=1S/C26H30F2N2O/c1-31-23-15-18(17-7-3-2-4-8-17)11-12-21(23)26-25-20(13-14-30(26)16-24(27)28)19-9-5-6-10-22(19)29-25/h5-6,9-12,15,17,24,26,29H,2-4,7-8,13-14,16H2,1H3. The molecule has 31 heavy (non-hydrogen) atoms. The molecule has 164 valence electrons. The zero-order valence-corrected chi connectivity index (χ0v) is 18.0. The molecule has 2 aromatic carbocycles. The molecule has 2 aliphatic rings. The summed E-state index contributed by atoms with van der Waals surface area (Å²) in [5.41, 5.74) is 5.61. The van der Waals surface area contributed by atoms with Crippen molar-refractivity contribution in [3.05, 3.63) is 64.8 Å². The topological polar surface area (TPSA) is 28.3 Å². The predicted octanol–water partition coefficient (Wildman–Crippen LogP) is 6.44. The van der Waals surface area contributed by atoms with E-state index in [0.29, 0.717) is 12.5 Å². The Morgan fingerprint density at radius 3 is 2.68 bits per heavy atom. The van der Waals surface area contributed by atoms with Gasteiger partial charge in [0.05, 0.1) is 19.7 Å². The van der Waals surface area contributed by atoms with E-state index in [2.05, 4.69) is 35.3 Å². The number of ether oxygens (including phenoxy) is 1. The van der Waals surface area contributed by atoms with Crippen LogP contribution < -0.4 is 4.74 Å². The molecule has 0 amide bonds. The summed E-state index contributed by atoms with van der Waals surface area (Å²) in [7, 11) is 1.69. The summed E-state index contributed by atoms with van der Waals surface area (Å²) in [6.07, 6.45) is 4.70. The Morgan fingerprint density at radius 1 is 1.10 bits per heavy atom. The quantitative estimate of drug-likeness (QED) is 0.511. The first-order chi connectivity index (χ1) is 15.2. The summed E-state index contributed by atoms with van der Waals surface area (Å²) in [5.74, 6) is 1.38. The van der Waals surface area contributed by atoms with Crippen molar-refractivity contribution in [3.63, 3.8) is 0 Å². The van der Waals surface area contributed by atoms with Crippen molar-refractivity contribution < 1.29 is 13.5 Å². The summed E-state index contributed by atoms with van der Waals surface area (Å²) in [6.45, 7) is 0.365. The first-order valence-electron chi connectivity index (χ1n) is 11.4. The van der Waals surface area contributed by atoms with Crippen LogP contribution in [0.5, 0.6) is 5.75 Å². The number of fused-ring (bicyclic) bond motifs is 3. The number of hydrogen-bond acceptors (Lipinski definition) is 2. The predicted molar refractivity (Wildman–Crippen MR) is 120 cm³/mol. The lowest BCUT2D eigenvalue weighted by Gasteiger charge is -2.36. The van der Waals surface area contributed by atoms with Crippen LogP contribution in [0.2, 0.25) is 0 Å². The van der Waals surface area contributed by atoms with E-state index in [1.54, 1.807) is 7.11 Å². The van der Waals surface area contributed by atoms with Crippen molar-refractivity contribution >= 4 is 10.9 Å². The van der Waals surface area contributed by atoms with Crippen molar-refractivity contribution in [2.75, 3.05) is 20.2 Å². The van der Waals surface area contributed by atoms with Crippen LogP contribution in [0.15, 0.2) is 42.5 Å². The molecular weight excluding hydrogens is 394 g/mol. The molecule has 0 radical (unpaired) electrons. The molecule has 5 rings (SSSR count). The van der Waals surface area contributed by atoms with Crippen LogP contribution in [0.4, 0.5) is 8.78 Å². The van der Waals surface area contributed by atoms with Crippen LogP contribution >= 0.6 is 0 Å². The molecule has 3 aromatic rings. The minimum atomic E-state index is -2.37. The van der Waals surface area contributed by atoms with Gasteiger partial charge >= 0.3 is 0 Å². The molecule has 3 nitrogen and oxygen atoms in total. The van der Waals surface area contributed by atoms with Crippen molar-refractivity contribution in [1.29, 1.82) is 0 Å². The van der Waals surface area contributed by atoms with Crippen LogP contribution in [-0.4, -0.2) is 36.5 Å². The molecule has 1 fully saturated rings. The molecule has 1 saturated carbocycles. The number of halogens is 2. The lowest BCUT2D eigenvalue weighted by atomic mass is 9.83. The maximum absolute atomic E-state index is 13.5. The molecule has 1 unspecified atom stereocenters. The minimum Gasteiger partial charge on any atom is -0.496 e. The normalized spacial score (nSPS) is 20.3. The van der Waals surface area contributed by atoms with E-state index in [-0.39, 0.29) is 12.6 Å². The Balaban J connectivity index is 1.60. The molecule has 1 atom stereocenters. The Bertz CT molecular complexity index is 1050. The SMILES string of the molecule is COc1cc(C2CCCCC2)ccc1C1c2[nH]c3ccccc3c2CCN1CC(F)F. The van der Waals surface area contributed by atoms with E-state index in [1.165, 1.54) is 48.6 Å². The van der Waals surface area contributed by atoms with E-state index in [0.717, 1.165) is 28.9 Å². The van der Waals surface area contributed by atoms with Gasteiger partial charge in [-0.2, -0.15) is 0 Å². The third-order valence-corrected chi connectivity index (χ3v) is 7.14. The molecule has 1 aromatic heterocycles. The van der Waals surface area contributed by atoms with Crippen LogP contribution in [0.3, 0.4) is 0 Å². The molecule has 0 saturated heterocycles. The highest BCUT2D eigenvalue weighted by atomic mass is 19.3. The number of alkyl halides is 2. The van der Waals surface area contributed by atoms with Crippen molar-refractivity contribution in [2.45, 2.75) is 56.9 Å². The average molecular weight is 425 g/mol. The molecule has 5 heteroatoms. The molecule has 2 heterocycles. The Hall–Kier alpha value is -2.40. The third kappa shape index (κ3) is 3.84. The second-order valence-electron chi connectivity index (χ2n) is 8.94. The minimum absolute atomic E-state index is 0.243. The van der Waals surface area contributed by atoms with E-state index in [4.69, 9.17) is 4.74 Å². The van der Waals surface area contributed by atoms with E-state index in [9.17, 15) is 8.78 Å². The third-order valence-electron chi connectivity index (χ3n) is 7.14. The lowest BCUT2D eigenvalue weighted by molar-refractivity contribution is 0.0691. The zero-order chi connectivity index (χ0) is 21.4. The highest BCUT2D eigenvalue weighted by molar-refractivity contribution is 5.85. The monoisotopic (exact) mass is 424 g/mol. The highest BCUT2D eigenvalue weighted by Gasteiger charge is 2.35. The van der Waals surface area contributed by atoms with Crippen LogP contribution in [0.25, 0.3) is 10.9 Å². The van der Waals surface area contributed by atoms with Gasteiger partial charge in [0, 0.05) is 28.7 Å². The zero-order valence-electron chi connectivity index (χ0n) is 18.0. The number of benzene rings is 2. The molecule has 1 aliphatic carbocycles. The second-order valence-corrected chi connectivity index (χ2v) is 8.94. The van der Waals surface area contributed by atoms with E-state index >= 15 is 0 Å². The molecule has 1 aliphatic heterocycles. The van der Waals surface area contributed by atoms with Crippen molar-refractivity contribution in [3.8, 4) is 5.75 Å². The average Bonchev–Trinajstić information content (AvgIpc) is 3.17. The van der Waals surface area contributed by atoms with Gasteiger partial charge in [0.15, 0.2) is 0 Å². The van der Waals surface area contributed by atoms with Crippen LogP contribution in [0, 0.1) is 0 Å². The number of H-pyrrole nitrogens is 1. The van der Waals surface area contributed by atoms with Gasteiger partial charge in [0.1, 0.15) is 5.75 Å². The summed E-state index contributed by atoms with van der Waals surface area (Å²) < 4.78 is 32.8. The highest BCUT2D eigenvalue weighted by Crippen LogP contribution is 2.43. The first kappa shape index (κ1) is 20.5. The van der Waals surface area contributed by atoms with Gasteiger partial charge < -0.3 is 9.72 Å². The maximum atomic E-state index is 13.5. The summed E-state index contributed by atoms with van der Waals surface area (Å²) >= 11 is 0. The largest absolute Gasteiger partial charge is 0.496 e. The lowest BCUT2D eigenvalue weighted by Crippen LogP contribution is -2.39. The fourth-order valence-electron chi connectivity index (χ4n) is 5.66. The molecule has 0 bridgehead atoms. The Morgan fingerprint density at radius 2 is 1.90 bits per heavy atom. The Kier molecular flexibility index (Phi) is 5.70. The number of nitrogens with one attached hydrogen (secondary N) is 1. The Labute approximate surface area is 182 Å². The maximum Gasteiger partial charge on any atom is 0.251 e. The molecule has 1 N–H and O–H groups in total. The van der Waals surface area contributed by atoms with E-state index < -0.39 is 6.43 Å². The van der Waals surface area contributed by atoms with Gasteiger partial charge in [-0.25, -0.2) is 8.78 Å². The number of hydrogen-bond donors (Lipinski definition) is 1. The van der Waals surface area contributed by atoms with Crippen molar-refractivity contribution in [1.82, 2.24) is 9.88 Å². The number of para-hydroxylation sites is 1. The smallest absolute Gasteiger partial charge is 0.251 e. The summed E-state index contributed by atoms with van der Waals surface area (Å²) in [4.78, 5) is 5.46. The fraction of sp³-hybridized carbons (Fsp3) is 0.462. The summed E-state index contributed by atoms with van der Waals surface area (Å²) in [5, 5.41) is 1.19. The van der Waals surface area contributed by atoms with Crippen LogP contribution in [-0.2, 0) is 6.42 Å². The first-order valence-corrected chi connectivity index (χ1v) is 11.4. The molecule has 0 spiro atoms.